The Morgan fingerprint density at radius 1 is 1.07 bits per heavy atom. The lowest BCUT2D eigenvalue weighted by atomic mass is 10.0. The van der Waals surface area contributed by atoms with Crippen LogP contribution in [0.2, 0.25) is 0 Å². The van der Waals surface area contributed by atoms with Crippen LogP contribution in [-0.4, -0.2) is 37.3 Å². The first-order chi connectivity index (χ1) is 12.9. The number of thiol groups is 1. The van der Waals surface area contributed by atoms with Crippen molar-refractivity contribution in [2.75, 3.05) is 32.2 Å². The number of fused-ring (bicyclic) bond motifs is 1. The molecule has 0 fully saturated rings. The van der Waals surface area contributed by atoms with Crippen LogP contribution in [-0.2, 0) is 0 Å². The number of aryl methyl sites for hydroxylation is 1. The molecule has 0 saturated heterocycles. The molecule has 0 aliphatic rings. The zero-order chi connectivity index (χ0) is 19.6. The minimum atomic E-state index is -0.166. The van der Waals surface area contributed by atoms with Gasteiger partial charge in [-0.05, 0) is 32.4 Å². The Balaban J connectivity index is 2.06. The predicted molar refractivity (Wildman–Crippen MR) is 115 cm³/mol. The fourth-order valence-corrected chi connectivity index (χ4v) is 3.48. The van der Waals surface area contributed by atoms with Crippen LogP contribution in [0.3, 0.4) is 0 Å². The average Bonchev–Trinajstić information content (AvgIpc) is 3.04. The lowest BCUT2D eigenvalue weighted by Crippen LogP contribution is -2.13. The summed E-state index contributed by atoms with van der Waals surface area (Å²) in [4.78, 5) is 10.3. The van der Waals surface area contributed by atoms with E-state index in [-0.39, 0.29) is 5.25 Å². The summed E-state index contributed by atoms with van der Waals surface area (Å²) in [6.07, 6.45) is 0. The molecule has 144 valence electrons. The van der Waals surface area contributed by atoms with Crippen molar-refractivity contribution in [3.05, 3.63) is 47.3 Å². The van der Waals surface area contributed by atoms with Gasteiger partial charge in [-0.15, -0.1) is 0 Å². The molecule has 0 amide bonds. The van der Waals surface area contributed by atoms with E-state index in [4.69, 9.17) is 27.1 Å². The summed E-state index contributed by atoms with van der Waals surface area (Å²) in [6, 6.07) is 10.3. The first-order valence-electron chi connectivity index (χ1n) is 9.19. The maximum atomic E-state index is 5.72. The number of benzene rings is 2. The van der Waals surface area contributed by atoms with E-state index < -0.39 is 0 Å². The summed E-state index contributed by atoms with van der Waals surface area (Å²) in [5.74, 6) is 2.24. The Kier molecular flexibility index (Phi) is 5.85. The second kappa shape index (κ2) is 8.13. The van der Waals surface area contributed by atoms with Crippen LogP contribution in [0.25, 0.3) is 11.0 Å². The highest BCUT2D eigenvalue weighted by Crippen LogP contribution is 2.37. The van der Waals surface area contributed by atoms with Gasteiger partial charge in [-0.25, -0.2) is 4.98 Å². The average molecular weight is 386 g/mol. The van der Waals surface area contributed by atoms with Gasteiger partial charge < -0.3 is 19.4 Å². The van der Waals surface area contributed by atoms with Crippen LogP contribution < -0.4 is 14.4 Å². The highest BCUT2D eigenvalue weighted by molar-refractivity contribution is 7.80. The van der Waals surface area contributed by atoms with E-state index in [9.17, 15) is 0 Å². The Bertz CT molecular complexity index is 894. The number of rotatable bonds is 7. The molecule has 0 aliphatic heterocycles. The van der Waals surface area contributed by atoms with Gasteiger partial charge in [-0.3, -0.25) is 0 Å². The molecule has 0 spiro atoms. The molecule has 1 N–H and O–H groups in total. The SMILES string of the molecule is CCOc1cc2nc(C(S)c3cc(C)ccc3N(C)C)[nH]c2cc1OCC. The summed E-state index contributed by atoms with van der Waals surface area (Å²) >= 11 is 4.88. The third-order valence-electron chi connectivity index (χ3n) is 4.38. The molecule has 3 aromatic rings. The molecule has 1 unspecified atom stereocenters. The van der Waals surface area contributed by atoms with E-state index in [2.05, 4.69) is 35.0 Å². The smallest absolute Gasteiger partial charge is 0.163 e. The number of aromatic nitrogens is 2. The van der Waals surface area contributed by atoms with Gasteiger partial charge in [0.2, 0.25) is 0 Å². The van der Waals surface area contributed by atoms with Crippen LogP contribution in [0.4, 0.5) is 5.69 Å². The third-order valence-corrected chi connectivity index (χ3v) is 4.91. The zero-order valence-electron chi connectivity index (χ0n) is 16.5. The summed E-state index contributed by atoms with van der Waals surface area (Å²) < 4.78 is 11.4. The minimum Gasteiger partial charge on any atom is -0.490 e. The van der Waals surface area contributed by atoms with Crippen molar-refractivity contribution in [3.8, 4) is 11.5 Å². The molecule has 1 aromatic heterocycles. The molecule has 1 heterocycles. The summed E-state index contributed by atoms with van der Waals surface area (Å²) in [5, 5.41) is -0.166. The van der Waals surface area contributed by atoms with Crippen molar-refractivity contribution in [3.63, 3.8) is 0 Å². The quantitative estimate of drug-likeness (QED) is 0.576. The molecule has 5 nitrogen and oxygen atoms in total. The highest BCUT2D eigenvalue weighted by atomic mass is 32.1. The fraction of sp³-hybridized carbons (Fsp3) is 0.381. The normalized spacial score (nSPS) is 12.2. The molecule has 6 heteroatoms. The van der Waals surface area contributed by atoms with Crippen LogP contribution >= 0.6 is 12.6 Å². The number of nitrogens with one attached hydrogen (secondary N) is 1. The molecule has 27 heavy (non-hydrogen) atoms. The van der Waals surface area contributed by atoms with Gasteiger partial charge in [-0.1, -0.05) is 17.7 Å². The van der Waals surface area contributed by atoms with E-state index in [1.54, 1.807) is 0 Å². The summed E-state index contributed by atoms with van der Waals surface area (Å²) in [6.45, 7) is 7.17. The first-order valence-corrected chi connectivity index (χ1v) is 9.71. The standard InChI is InChI=1S/C21H27N3O2S/c1-6-25-18-11-15-16(12-19(18)26-7-2)23-21(22-15)20(27)14-10-13(3)8-9-17(14)24(4)5/h8-12,20,27H,6-7H2,1-5H3,(H,22,23). The van der Waals surface area contributed by atoms with Gasteiger partial charge in [-0.2, -0.15) is 12.6 Å². The second-order valence-electron chi connectivity index (χ2n) is 6.66. The number of hydrogen-bond donors (Lipinski definition) is 2. The molecule has 0 bridgehead atoms. The monoisotopic (exact) mass is 385 g/mol. The summed E-state index contributed by atoms with van der Waals surface area (Å²) in [5.41, 5.74) is 5.21. The number of H-pyrrole nitrogens is 1. The van der Waals surface area contributed by atoms with Crippen molar-refractivity contribution in [1.82, 2.24) is 9.97 Å². The van der Waals surface area contributed by atoms with Gasteiger partial charge in [0.25, 0.3) is 0 Å². The largest absolute Gasteiger partial charge is 0.490 e. The van der Waals surface area contributed by atoms with Crippen LogP contribution in [0, 0.1) is 6.92 Å². The van der Waals surface area contributed by atoms with Gasteiger partial charge in [0.05, 0.1) is 29.5 Å². The molecular formula is C21H27N3O2S. The van der Waals surface area contributed by atoms with E-state index in [0.717, 1.165) is 33.9 Å². The fourth-order valence-electron chi connectivity index (χ4n) is 3.15. The lowest BCUT2D eigenvalue weighted by molar-refractivity contribution is 0.288. The maximum Gasteiger partial charge on any atom is 0.163 e. The summed E-state index contributed by atoms with van der Waals surface area (Å²) in [7, 11) is 4.08. The van der Waals surface area contributed by atoms with Crippen molar-refractivity contribution in [2.45, 2.75) is 26.0 Å². The Hall–Kier alpha value is -2.34. The Morgan fingerprint density at radius 2 is 1.74 bits per heavy atom. The van der Waals surface area contributed by atoms with Gasteiger partial charge >= 0.3 is 0 Å². The number of ether oxygens (including phenoxy) is 2. The van der Waals surface area contributed by atoms with E-state index in [1.807, 2.05) is 40.1 Å². The predicted octanol–water partition coefficient (Wildman–Crippen LogP) is 4.75. The number of aromatic amines is 1. The van der Waals surface area contributed by atoms with Crippen molar-refractivity contribution in [2.24, 2.45) is 0 Å². The van der Waals surface area contributed by atoms with Crippen LogP contribution in [0.1, 0.15) is 36.0 Å². The first kappa shape index (κ1) is 19.4. The number of nitrogens with zero attached hydrogens (tertiary/aromatic N) is 2. The molecule has 3 rings (SSSR count). The van der Waals surface area contributed by atoms with Gasteiger partial charge in [0.15, 0.2) is 11.5 Å². The van der Waals surface area contributed by atoms with Gasteiger partial charge in [0, 0.05) is 31.9 Å². The van der Waals surface area contributed by atoms with Crippen molar-refractivity contribution < 1.29 is 9.47 Å². The molecule has 0 aliphatic carbocycles. The molecule has 2 aromatic carbocycles. The van der Waals surface area contributed by atoms with Crippen LogP contribution in [0.5, 0.6) is 11.5 Å². The molecular weight excluding hydrogens is 358 g/mol. The van der Waals surface area contributed by atoms with Crippen molar-refractivity contribution in [1.29, 1.82) is 0 Å². The molecule has 0 saturated carbocycles. The second-order valence-corrected chi connectivity index (χ2v) is 7.18. The Labute approximate surface area is 166 Å². The number of anilines is 1. The van der Waals surface area contributed by atoms with E-state index in [1.165, 1.54) is 5.56 Å². The number of imidazole rings is 1. The topological polar surface area (TPSA) is 50.4 Å². The maximum absolute atomic E-state index is 5.72. The van der Waals surface area contributed by atoms with Gasteiger partial charge in [0.1, 0.15) is 5.82 Å². The minimum absolute atomic E-state index is 0.166. The zero-order valence-corrected chi connectivity index (χ0v) is 17.4. The lowest BCUT2D eigenvalue weighted by Gasteiger charge is -2.21. The molecule has 0 radical (unpaired) electrons. The van der Waals surface area contributed by atoms with E-state index in [0.29, 0.717) is 19.0 Å². The Morgan fingerprint density at radius 3 is 2.37 bits per heavy atom. The van der Waals surface area contributed by atoms with Crippen LogP contribution in [0.15, 0.2) is 30.3 Å². The molecule has 1 atom stereocenters. The number of hydrogen-bond acceptors (Lipinski definition) is 5. The highest BCUT2D eigenvalue weighted by Gasteiger charge is 2.20. The van der Waals surface area contributed by atoms with Crippen molar-refractivity contribution >= 4 is 29.3 Å². The third kappa shape index (κ3) is 4.00. The van der Waals surface area contributed by atoms with E-state index >= 15 is 0 Å².